The summed E-state index contributed by atoms with van der Waals surface area (Å²) in [6.45, 7) is 0.615. The molecule has 0 unspecified atom stereocenters. The molecule has 12 heavy (non-hydrogen) atoms. The van der Waals surface area contributed by atoms with Gasteiger partial charge in [0.05, 0.1) is 0 Å². The van der Waals surface area contributed by atoms with E-state index in [0.29, 0.717) is 6.54 Å². The van der Waals surface area contributed by atoms with Gasteiger partial charge in [0.2, 0.25) is 0 Å². The first-order chi connectivity index (χ1) is 5.92. The smallest absolute Gasteiger partial charge is 0.0192 e. The Morgan fingerprint density at radius 1 is 1.42 bits per heavy atom. The number of nitrogens with one attached hydrogen (secondary N) is 1. The highest BCUT2D eigenvalue weighted by atomic mass is 32.1. The van der Waals surface area contributed by atoms with Crippen molar-refractivity contribution in [1.82, 2.24) is 4.98 Å². The molecular formula is C9H10N2S. The van der Waals surface area contributed by atoms with Crippen molar-refractivity contribution in [2.24, 2.45) is 5.73 Å². The molecule has 2 rings (SSSR count). The van der Waals surface area contributed by atoms with Crippen LogP contribution in [0.5, 0.6) is 0 Å². The maximum atomic E-state index is 5.60. The molecule has 0 bridgehead atoms. The first-order valence-corrected chi connectivity index (χ1v) is 4.74. The Morgan fingerprint density at radius 3 is 3.00 bits per heavy atom. The SMILES string of the molecule is NCc1cscc1-c1cc[nH]c1. The third kappa shape index (κ3) is 1.17. The van der Waals surface area contributed by atoms with Crippen LogP contribution in [0, 0.1) is 0 Å². The van der Waals surface area contributed by atoms with E-state index in [0.717, 1.165) is 0 Å². The van der Waals surface area contributed by atoms with Crippen molar-refractivity contribution in [3.05, 3.63) is 34.8 Å². The predicted octanol–water partition coefficient (Wildman–Crippen LogP) is 2.20. The van der Waals surface area contributed by atoms with E-state index in [-0.39, 0.29) is 0 Å². The van der Waals surface area contributed by atoms with Crippen LogP contribution in [-0.2, 0) is 6.54 Å². The molecule has 0 fully saturated rings. The molecule has 3 N–H and O–H groups in total. The Hall–Kier alpha value is -1.06. The van der Waals surface area contributed by atoms with Crippen LogP contribution in [0.3, 0.4) is 0 Å². The van der Waals surface area contributed by atoms with Crippen LogP contribution in [-0.4, -0.2) is 4.98 Å². The predicted molar refractivity (Wildman–Crippen MR) is 52.0 cm³/mol. The summed E-state index contributed by atoms with van der Waals surface area (Å²) in [6, 6.07) is 2.06. The minimum Gasteiger partial charge on any atom is -0.367 e. The van der Waals surface area contributed by atoms with E-state index in [1.165, 1.54) is 16.7 Å². The van der Waals surface area contributed by atoms with Gasteiger partial charge < -0.3 is 10.7 Å². The third-order valence-corrected chi connectivity index (χ3v) is 2.66. The molecule has 0 aliphatic carbocycles. The van der Waals surface area contributed by atoms with Gasteiger partial charge in [0.15, 0.2) is 0 Å². The fraction of sp³-hybridized carbons (Fsp3) is 0.111. The van der Waals surface area contributed by atoms with Gasteiger partial charge in [-0.3, -0.25) is 0 Å². The Balaban J connectivity index is 2.46. The van der Waals surface area contributed by atoms with Gasteiger partial charge in [-0.15, -0.1) is 0 Å². The molecule has 0 amide bonds. The molecule has 3 heteroatoms. The van der Waals surface area contributed by atoms with Gasteiger partial charge >= 0.3 is 0 Å². The van der Waals surface area contributed by atoms with E-state index in [1.54, 1.807) is 11.3 Å². The highest BCUT2D eigenvalue weighted by molar-refractivity contribution is 7.08. The van der Waals surface area contributed by atoms with Crippen molar-refractivity contribution in [1.29, 1.82) is 0 Å². The van der Waals surface area contributed by atoms with Crippen molar-refractivity contribution < 1.29 is 0 Å². The molecule has 0 aliphatic rings. The zero-order valence-corrected chi connectivity index (χ0v) is 7.40. The second-order valence-corrected chi connectivity index (χ2v) is 3.36. The van der Waals surface area contributed by atoms with Gasteiger partial charge in [0.25, 0.3) is 0 Å². The third-order valence-electron chi connectivity index (χ3n) is 1.87. The molecule has 0 aliphatic heterocycles. The fourth-order valence-electron chi connectivity index (χ4n) is 1.23. The van der Waals surface area contributed by atoms with Crippen LogP contribution in [0.2, 0.25) is 0 Å². The van der Waals surface area contributed by atoms with Crippen LogP contribution in [0.15, 0.2) is 29.2 Å². The number of hydrogen-bond donors (Lipinski definition) is 2. The summed E-state index contributed by atoms with van der Waals surface area (Å²) < 4.78 is 0. The van der Waals surface area contributed by atoms with Gasteiger partial charge in [0.1, 0.15) is 0 Å². The van der Waals surface area contributed by atoms with Gasteiger partial charge in [-0.2, -0.15) is 11.3 Å². The lowest BCUT2D eigenvalue weighted by atomic mass is 10.1. The van der Waals surface area contributed by atoms with E-state index in [1.807, 2.05) is 12.4 Å². The normalized spacial score (nSPS) is 10.4. The lowest BCUT2D eigenvalue weighted by Gasteiger charge is -1.96. The van der Waals surface area contributed by atoms with Crippen LogP contribution in [0.1, 0.15) is 5.56 Å². The summed E-state index contributed by atoms with van der Waals surface area (Å²) in [7, 11) is 0. The number of rotatable bonds is 2. The number of aromatic nitrogens is 1. The quantitative estimate of drug-likeness (QED) is 0.727. The highest BCUT2D eigenvalue weighted by Crippen LogP contribution is 2.26. The van der Waals surface area contributed by atoms with Crippen LogP contribution >= 0.6 is 11.3 Å². The molecule has 2 nitrogen and oxygen atoms in total. The van der Waals surface area contributed by atoms with E-state index in [4.69, 9.17) is 5.73 Å². The summed E-state index contributed by atoms with van der Waals surface area (Å²) >= 11 is 1.70. The van der Waals surface area contributed by atoms with E-state index in [9.17, 15) is 0 Å². The van der Waals surface area contributed by atoms with Gasteiger partial charge in [-0.05, 0) is 28.0 Å². The van der Waals surface area contributed by atoms with E-state index in [2.05, 4.69) is 21.8 Å². The molecule has 0 radical (unpaired) electrons. The zero-order chi connectivity index (χ0) is 8.39. The second-order valence-electron chi connectivity index (χ2n) is 2.61. The standard InChI is InChI=1S/C9H10N2S/c10-3-8-5-12-6-9(8)7-1-2-11-4-7/h1-2,4-6,11H,3,10H2. The first-order valence-electron chi connectivity index (χ1n) is 3.80. The number of H-pyrrole nitrogens is 1. The molecule has 62 valence electrons. The number of nitrogens with two attached hydrogens (primary N) is 1. The maximum Gasteiger partial charge on any atom is 0.0192 e. The molecule has 0 atom stereocenters. The van der Waals surface area contributed by atoms with Gasteiger partial charge in [-0.1, -0.05) is 0 Å². The summed E-state index contributed by atoms with van der Waals surface area (Å²) in [4.78, 5) is 3.03. The van der Waals surface area contributed by atoms with Gasteiger partial charge in [-0.25, -0.2) is 0 Å². The number of aromatic amines is 1. The first kappa shape index (κ1) is 7.58. The molecule has 0 saturated carbocycles. The molecule has 2 aromatic heterocycles. The van der Waals surface area contributed by atoms with Crippen molar-refractivity contribution in [2.45, 2.75) is 6.54 Å². The van der Waals surface area contributed by atoms with Crippen LogP contribution in [0.25, 0.3) is 11.1 Å². The minimum absolute atomic E-state index is 0.615. The largest absolute Gasteiger partial charge is 0.367 e. The monoisotopic (exact) mass is 178 g/mol. The lowest BCUT2D eigenvalue weighted by Crippen LogP contribution is -1.95. The van der Waals surface area contributed by atoms with Crippen molar-refractivity contribution >= 4 is 11.3 Å². The minimum atomic E-state index is 0.615. The van der Waals surface area contributed by atoms with Crippen molar-refractivity contribution in [2.75, 3.05) is 0 Å². The van der Waals surface area contributed by atoms with Gasteiger partial charge in [0, 0.05) is 24.5 Å². The summed E-state index contributed by atoms with van der Waals surface area (Å²) in [5.41, 5.74) is 9.29. The summed E-state index contributed by atoms with van der Waals surface area (Å²) in [5.74, 6) is 0. The fourth-order valence-corrected chi connectivity index (χ4v) is 2.11. The molecule has 0 spiro atoms. The van der Waals surface area contributed by atoms with Crippen LogP contribution in [0.4, 0.5) is 0 Å². The lowest BCUT2D eigenvalue weighted by molar-refractivity contribution is 1.08. The molecule has 2 heterocycles. The Labute approximate surface area is 75.0 Å². The highest BCUT2D eigenvalue weighted by Gasteiger charge is 2.03. The summed E-state index contributed by atoms with van der Waals surface area (Å²) in [5, 5.41) is 4.23. The van der Waals surface area contributed by atoms with Crippen LogP contribution < -0.4 is 5.73 Å². The maximum absolute atomic E-state index is 5.60. The molecule has 2 aromatic rings. The molecule has 0 saturated heterocycles. The zero-order valence-electron chi connectivity index (χ0n) is 6.58. The number of hydrogen-bond acceptors (Lipinski definition) is 2. The average molecular weight is 178 g/mol. The summed E-state index contributed by atoms with van der Waals surface area (Å²) in [6.07, 6.45) is 3.91. The Bertz CT molecular complexity index is 348. The van der Waals surface area contributed by atoms with Crippen molar-refractivity contribution in [3.63, 3.8) is 0 Å². The Morgan fingerprint density at radius 2 is 2.33 bits per heavy atom. The Kier molecular flexibility index (Phi) is 1.98. The van der Waals surface area contributed by atoms with E-state index < -0.39 is 0 Å². The van der Waals surface area contributed by atoms with E-state index >= 15 is 0 Å². The van der Waals surface area contributed by atoms with Crippen molar-refractivity contribution in [3.8, 4) is 11.1 Å². The molecule has 0 aromatic carbocycles. The topological polar surface area (TPSA) is 41.8 Å². The molecular weight excluding hydrogens is 168 g/mol. The average Bonchev–Trinajstić information content (AvgIpc) is 2.74. The number of thiophene rings is 1. The second kappa shape index (κ2) is 3.13.